The number of aryl methyl sites for hydroxylation is 1. The van der Waals surface area contributed by atoms with Crippen molar-refractivity contribution in [2.75, 3.05) is 19.7 Å². The summed E-state index contributed by atoms with van der Waals surface area (Å²) in [5, 5.41) is 8.86. The zero-order valence-corrected chi connectivity index (χ0v) is 14.3. The predicted molar refractivity (Wildman–Crippen MR) is 94.3 cm³/mol. The van der Waals surface area contributed by atoms with Gasteiger partial charge in [-0.1, -0.05) is 6.07 Å². The summed E-state index contributed by atoms with van der Waals surface area (Å²) in [6.07, 6.45) is 2.01. The van der Waals surface area contributed by atoms with Crippen molar-refractivity contribution in [3.05, 3.63) is 59.3 Å². The van der Waals surface area contributed by atoms with Crippen molar-refractivity contribution in [2.24, 2.45) is 5.92 Å². The zero-order valence-electron chi connectivity index (χ0n) is 14.3. The Hall–Kier alpha value is -2.87. The Bertz CT molecular complexity index is 780. The molecule has 25 heavy (non-hydrogen) atoms. The Morgan fingerprint density at radius 1 is 1.32 bits per heavy atom. The van der Waals surface area contributed by atoms with Crippen LogP contribution in [0.25, 0.3) is 0 Å². The average molecular weight is 335 g/mol. The molecule has 3 rings (SSSR count). The minimum absolute atomic E-state index is 0.0165. The summed E-state index contributed by atoms with van der Waals surface area (Å²) in [5.74, 6) is 0.955. The molecule has 2 aromatic rings. The molecular formula is C20H21N3O2. The van der Waals surface area contributed by atoms with Crippen molar-refractivity contribution in [3.63, 3.8) is 0 Å². The third-order valence-corrected chi connectivity index (χ3v) is 4.40. The molecule has 1 unspecified atom stereocenters. The first-order valence-corrected chi connectivity index (χ1v) is 8.51. The van der Waals surface area contributed by atoms with Crippen molar-refractivity contribution in [2.45, 2.75) is 19.8 Å². The monoisotopic (exact) mass is 335 g/mol. The molecule has 5 heteroatoms. The molecule has 1 aromatic heterocycles. The second kappa shape index (κ2) is 7.80. The van der Waals surface area contributed by atoms with E-state index in [2.05, 4.69) is 11.1 Å². The third-order valence-electron chi connectivity index (χ3n) is 4.40. The summed E-state index contributed by atoms with van der Waals surface area (Å²) in [6.45, 7) is 3.95. The molecule has 1 aromatic carbocycles. The number of amides is 1. The van der Waals surface area contributed by atoms with Crippen molar-refractivity contribution in [1.82, 2.24) is 9.88 Å². The number of aromatic nitrogens is 1. The van der Waals surface area contributed by atoms with E-state index in [4.69, 9.17) is 10.00 Å². The molecule has 1 aliphatic rings. The van der Waals surface area contributed by atoms with Gasteiger partial charge in [-0.3, -0.25) is 4.79 Å². The van der Waals surface area contributed by atoms with Gasteiger partial charge in [-0.2, -0.15) is 5.26 Å². The average Bonchev–Trinajstić information content (AvgIpc) is 2.66. The molecule has 1 amide bonds. The van der Waals surface area contributed by atoms with Crippen molar-refractivity contribution in [3.8, 4) is 11.9 Å². The van der Waals surface area contributed by atoms with E-state index in [0.29, 0.717) is 36.1 Å². The van der Waals surface area contributed by atoms with Crippen LogP contribution in [0.5, 0.6) is 5.88 Å². The van der Waals surface area contributed by atoms with Crippen molar-refractivity contribution < 1.29 is 9.53 Å². The second-order valence-corrected chi connectivity index (χ2v) is 6.38. The SMILES string of the molecule is Cc1cccc(OCC2CCCN(C(=O)c3ccc(C#N)cc3)C2)n1. The van der Waals surface area contributed by atoms with E-state index in [-0.39, 0.29) is 5.91 Å². The molecule has 1 saturated heterocycles. The van der Waals surface area contributed by atoms with Gasteiger partial charge in [-0.25, -0.2) is 4.98 Å². The van der Waals surface area contributed by atoms with E-state index in [0.717, 1.165) is 25.1 Å². The van der Waals surface area contributed by atoms with Gasteiger partial charge in [0.25, 0.3) is 5.91 Å². The Kier molecular flexibility index (Phi) is 5.30. The minimum Gasteiger partial charge on any atom is -0.477 e. The third kappa shape index (κ3) is 4.36. The zero-order chi connectivity index (χ0) is 17.6. The highest BCUT2D eigenvalue weighted by Gasteiger charge is 2.25. The minimum atomic E-state index is 0.0165. The summed E-state index contributed by atoms with van der Waals surface area (Å²) < 4.78 is 5.81. The number of carbonyl (C=O) groups excluding carboxylic acids is 1. The van der Waals surface area contributed by atoms with E-state index in [9.17, 15) is 4.79 Å². The van der Waals surface area contributed by atoms with Crippen LogP contribution in [0.15, 0.2) is 42.5 Å². The maximum Gasteiger partial charge on any atom is 0.253 e. The molecule has 0 spiro atoms. The van der Waals surface area contributed by atoms with E-state index in [1.807, 2.05) is 30.0 Å². The van der Waals surface area contributed by atoms with Crippen LogP contribution in [-0.2, 0) is 0 Å². The van der Waals surface area contributed by atoms with Crippen LogP contribution in [0.1, 0.15) is 34.5 Å². The van der Waals surface area contributed by atoms with Crippen LogP contribution in [0.4, 0.5) is 0 Å². The lowest BCUT2D eigenvalue weighted by atomic mass is 9.98. The van der Waals surface area contributed by atoms with Gasteiger partial charge in [-0.05, 0) is 50.1 Å². The standard InChI is InChI=1S/C20H21N3O2/c1-15-4-2-6-19(22-15)25-14-17-5-3-11-23(13-17)20(24)18-9-7-16(12-21)8-10-18/h2,4,6-10,17H,3,5,11,13-14H2,1H3. The summed E-state index contributed by atoms with van der Waals surface area (Å²) in [5.41, 5.74) is 2.12. The number of nitriles is 1. The number of rotatable bonds is 4. The summed E-state index contributed by atoms with van der Waals surface area (Å²) in [4.78, 5) is 18.9. The molecule has 0 N–H and O–H groups in total. The first kappa shape index (κ1) is 17.0. The maximum atomic E-state index is 12.7. The molecule has 0 aliphatic carbocycles. The normalized spacial score (nSPS) is 17.0. The molecule has 0 saturated carbocycles. The topological polar surface area (TPSA) is 66.2 Å². The molecule has 1 fully saturated rings. The van der Waals surface area contributed by atoms with Gasteiger partial charge < -0.3 is 9.64 Å². The largest absolute Gasteiger partial charge is 0.477 e. The molecule has 2 heterocycles. The summed E-state index contributed by atoms with van der Waals surface area (Å²) in [7, 11) is 0. The van der Waals surface area contributed by atoms with Crippen LogP contribution >= 0.6 is 0 Å². The van der Waals surface area contributed by atoms with E-state index >= 15 is 0 Å². The van der Waals surface area contributed by atoms with Crippen LogP contribution < -0.4 is 4.74 Å². The number of nitrogens with zero attached hydrogens (tertiary/aromatic N) is 3. The Balaban J connectivity index is 1.58. The Labute approximate surface area is 147 Å². The molecule has 128 valence electrons. The molecule has 1 atom stereocenters. The highest BCUT2D eigenvalue weighted by atomic mass is 16.5. The maximum absolute atomic E-state index is 12.7. The molecular weight excluding hydrogens is 314 g/mol. The van der Waals surface area contributed by atoms with Crippen LogP contribution in [0.3, 0.4) is 0 Å². The van der Waals surface area contributed by atoms with Gasteiger partial charge in [0, 0.05) is 36.3 Å². The van der Waals surface area contributed by atoms with Gasteiger partial charge in [0.1, 0.15) is 0 Å². The molecule has 1 aliphatic heterocycles. The Morgan fingerprint density at radius 3 is 2.84 bits per heavy atom. The van der Waals surface area contributed by atoms with Crippen molar-refractivity contribution >= 4 is 5.91 Å². The highest BCUT2D eigenvalue weighted by molar-refractivity contribution is 5.94. The smallest absolute Gasteiger partial charge is 0.253 e. The fraction of sp³-hybridized carbons (Fsp3) is 0.350. The van der Waals surface area contributed by atoms with Gasteiger partial charge in [0.2, 0.25) is 5.88 Å². The summed E-state index contributed by atoms with van der Waals surface area (Å²) in [6, 6.07) is 14.6. The van der Waals surface area contributed by atoms with Crippen molar-refractivity contribution in [1.29, 1.82) is 5.26 Å². The lowest BCUT2D eigenvalue weighted by Gasteiger charge is -2.32. The quantitative estimate of drug-likeness (QED) is 0.860. The number of pyridine rings is 1. The summed E-state index contributed by atoms with van der Waals surface area (Å²) >= 11 is 0. The van der Waals surface area contributed by atoms with E-state index in [1.165, 1.54) is 0 Å². The first-order valence-electron chi connectivity index (χ1n) is 8.51. The lowest BCUT2D eigenvalue weighted by Crippen LogP contribution is -2.41. The molecule has 0 bridgehead atoms. The lowest BCUT2D eigenvalue weighted by molar-refractivity contribution is 0.0631. The van der Waals surface area contributed by atoms with Gasteiger partial charge in [0.15, 0.2) is 0 Å². The number of carbonyl (C=O) groups is 1. The Morgan fingerprint density at radius 2 is 2.12 bits per heavy atom. The fourth-order valence-corrected chi connectivity index (χ4v) is 3.06. The van der Waals surface area contributed by atoms with Crippen LogP contribution in [0, 0.1) is 24.2 Å². The number of ether oxygens (including phenoxy) is 1. The van der Waals surface area contributed by atoms with E-state index < -0.39 is 0 Å². The number of hydrogen-bond acceptors (Lipinski definition) is 4. The van der Waals surface area contributed by atoms with Crippen LogP contribution in [0.2, 0.25) is 0 Å². The highest BCUT2D eigenvalue weighted by Crippen LogP contribution is 2.20. The van der Waals surface area contributed by atoms with Gasteiger partial charge in [-0.15, -0.1) is 0 Å². The van der Waals surface area contributed by atoms with Crippen LogP contribution in [-0.4, -0.2) is 35.5 Å². The molecule has 0 radical (unpaired) electrons. The number of piperidine rings is 1. The van der Waals surface area contributed by atoms with Gasteiger partial charge in [0.05, 0.1) is 18.2 Å². The number of hydrogen-bond donors (Lipinski definition) is 0. The number of benzene rings is 1. The second-order valence-electron chi connectivity index (χ2n) is 6.38. The number of likely N-dealkylation sites (tertiary alicyclic amines) is 1. The van der Waals surface area contributed by atoms with Gasteiger partial charge >= 0.3 is 0 Å². The fourth-order valence-electron chi connectivity index (χ4n) is 3.06. The first-order chi connectivity index (χ1) is 12.2. The van der Waals surface area contributed by atoms with E-state index in [1.54, 1.807) is 24.3 Å². The predicted octanol–water partition coefficient (Wildman–Crippen LogP) is 3.19. The molecule has 5 nitrogen and oxygen atoms in total.